The van der Waals surface area contributed by atoms with Crippen LogP contribution in [0, 0.1) is 10.8 Å². The molecule has 2 rings (SSSR count). The Morgan fingerprint density at radius 2 is 1.94 bits per heavy atom. The molecule has 1 aliphatic rings. The van der Waals surface area contributed by atoms with Gasteiger partial charge in [-0.1, -0.05) is 27.7 Å². The van der Waals surface area contributed by atoms with Crippen LogP contribution in [-0.2, 0) is 0 Å². The van der Waals surface area contributed by atoms with E-state index in [0.717, 1.165) is 9.77 Å². The number of nitrogens with one attached hydrogen (secondary N) is 1. The van der Waals surface area contributed by atoms with E-state index in [1.807, 2.05) is 11.4 Å². The second-order valence-corrected chi connectivity index (χ2v) is 6.95. The highest BCUT2D eigenvalue weighted by atomic mass is 32.1. The molecule has 0 aromatic carbocycles. The highest BCUT2D eigenvalue weighted by Gasteiger charge is 2.65. The number of amides is 1. The Morgan fingerprint density at radius 3 is 2.31 bits per heavy atom. The Labute approximate surface area is 106 Å². The van der Waals surface area contributed by atoms with Crippen molar-refractivity contribution in [2.45, 2.75) is 38.6 Å². The third-order valence-electron chi connectivity index (χ3n) is 4.11. The standard InChI is InChI=1S/C12H17NOS2/c1-11(2)10(12(11,3)4)13-9(14)8-5-7(15)6-16-8/h5-6,10,15H,1-4H3,(H,13,14). The lowest BCUT2D eigenvalue weighted by molar-refractivity contribution is 0.0947. The van der Waals surface area contributed by atoms with Crippen LogP contribution in [0.3, 0.4) is 0 Å². The summed E-state index contributed by atoms with van der Waals surface area (Å²) in [5, 5.41) is 4.98. The van der Waals surface area contributed by atoms with E-state index in [4.69, 9.17) is 0 Å². The zero-order chi connectivity index (χ0) is 12.1. The average Bonchev–Trinajstić information content (AvgIpc) is 2.58. The van der Waals surface area contributed by atoms with Gasteiger partial charge in [0.2, 0.25) is 0 Å². The minimum atomic E-state index is 0.0222. The predicted octanol–water partition coefficient (Wildman–Crippen LogP) is 3.20. The number of hydrogen-bond acceptors (Lipinski definition) is 3. The fourth-order valence-electron chi connectivity index (χ4n) is 2.20. The first-order valence-corrected chi connectivity index (χ1v) is 6.68. The molecule has 16 heavy (non-hydrogen) atoms. The number of thiophene rings is 1. The molecule has 88 valence electrons. The van der Waals surface area contributed by atoms with Gasteiger partial charge in [0.25, 0.3) is 5.91 Å². The van der Waals surface area contributed by atoms with Gasteiger partial charge in [-0.3, -0.25) is 4.79 Å². The lowest BCUT2D eigenvalue weighted by atomic mass is 10.0. The van der Waals surface area contributed by atoms with Gasteiger partial charge in [0, 0.05) is 16.3 Å². The first kappa shape index (κ1) is 12.0. The van der Waals surface area contributed by atoms with E-state index in [1.54, 1.807) is 0 Å². The van der Waals surface area contributed by atoms with Gasteiger partial charge < -0.3 is 5.32 Å². The second-order valence-electron chi connectivity index (χ2n) is 5.52. The topological polar surface area (TPSA) is 29.1 Å². The molecule has 0 unspecified atom stereocenters. The second kappa shape index (κ2) is 3.50. The lowest BCUT2D eigenvalue weighted by Crippen LogP contribution is -2.29. The summed E-state index contributed by atoms with van der Waals surface area (Å²) in [7, 11) is 0. The van der Waals surface area contributed by atoms with Gasteiger partial charge in [-0.25, -0.2) is 0 Å². The van der Waals surface area contributed by atoms with Crippen LogP contribution >= 0.6 is 24.0 Å². The zero-order valence-corrected chi connectivity index (χ0v) is 11.7. The fraction of sp³-hybridized carbons (Fsp3) is 0.583. The largest absolute Gasteiger partial charge is 0.347 e. The molecule has 0 spiro atoms. The van der Waals surface area contributed by atoms with Gasteiger partial charge in [0.05, 0.1) is 4.88 Å². The van der Waals surface area contributed by atoms with E-state index in [-0.39, 0.29) is 22.8 Å². The summed E-state index contributed by atoms with van der Waals surface area (Å²) in [6, 6.07) is 2.07. The van der Waals surface area contributed by atoms with Crippen LogP contribution in [0.25, 0.3) is 0 Å². The van der Waals surface area contributed by atoms with Crippen molar-refractivity contribution in [2.75, 3.05) is 0 Å². The van der Waals surface area contributed by atoms with Gasteiger partial charge in [-0.2, -0.15) is 0 Å². The lowest BCUT2D eigenvalue weighted by Gasteiger charge is -2.04. The molecule has 1 aliphatic carbocycles. The van der Waals surface area contributed by atoms with Crippen molar-refractivity contribution in [3.05, 3.63) is 16.3 Å². The van der Waals surface area contributed by atoms with E-state index in [2.05, 4.69) is 45.6 Å². The van der Waals surface area contributed by atoms with Gasteiger partial charge in [0.1, 0.15) is 0 Å². The van der Waals surface area contributed by atoms with Crippen LogP contribution < -0.4 is 5.32 Å². The van der Waals surface area contributed by atoms with Crippen LogP contribution in [0.15, 0.2) is 16.3 Å². The number of hydrogen-bond donors (Lipinski definition) is 2. The van der Waals surface area contributed by atoms with Crippen LogP contribution in [0.1, 0.15) is 37.4 Å². The summed E-state index contributed by atoms with van der Waals surface area (Å²) >= 11 is 5.64. The molecule has 2 nitrogen and oxygen atoms in total. The normalized spacial score (nSPS) is 21.8. The van der Waals surface area contributed by atoms with Crippen LogP contribution in [0.4, 0.5) is 0 Å². The Kier molecular flexibility index (Phi) is 2.63. The monoisotopic (exact) mass is 255 g/mol. The van der Waals surface area contributed by atoms with E-state index in [9.17, 15) is 4.79 Å². The molecule has 1 saturated carbocycles. The first-order chi connectivity index (χ1) is 7.26. The van der Waals surface area contributed by atoms with Gasteiger partial charge >= 0.3 is 0 Å². The Hall–Kier alpha value is -0.480. The molecule has 0 saturated heterocycles. The smallest absolute Gasteiger partial charge is 0.261 e. The summed E-state index contributed by atoms with van der Waals surface area (Å²) in [6.07, 6.45) is 0. The quantitative estimate of drug-likeness (QED) is 0.781. The summed E-state index contributed by atoms with van der Waals surface area (Å²) < 4.78 is 0. The average molecular weight is 255 g/mol. The maximum absolute atomic E-state index is 11.9. The van der Waals surface area contributed by atoms with Gasteiger partial charge in [-0.15, -0.1) is 24.0 Å². The summed E-state index contributed by atoms with van der Waals surface area (Å²) in [5.74, 6) is 0.0222. The minimum absolute atomic E-state index is 0.0222. The molecular formula is C12H17NOS2. The molecule has 1 fully saturated rings. The van der Waals surface area contributed by atoms with Crippen molar-refractivity contribution in [1.82, 2.24) is 5.32 Å². The molecule has 0 aliphatic heterocycles. The molecule has 1 aromatic heterocycles. The molecule has 1 heterocycles. The summed E-state index contributed by atoms with van der Waals surface area (Å²) in [6.45, 7) is 8.76. The van der Waals surface area contributed by atoms with Gasteiger partial charge in [-0.05, 0) is 16.9 Å². The molecule has 1 amide bonds. The van der Waals surface area contributed by atoms with Crippen LogP contribution in [-0.4, -0.2) is 11.9 Å². The highest BCUT2D eigenvalue weighted by molar-refractivity contribution is 7.80. The molecule has 0 radical (unpaired) electrons. The van der Waals surface area contributed by atoms with Crippen molar-refractivity contribution in [3.63, 3.8) is 0 Å². The van der Waals surface area contributed by atoms with Crippen molar-refractivity contribution in [3.8, 4) is 0 Å². The molecule has 1 N–H and O–H groups in total. The molecular weight excluding hydrogens is 238 g/mol. The van der Waals surface area contributed by atoms with Crippen molar-refractivity contribution < 1.29 is 4.79 Å². The molecule has 4 heteroatoms. The minimum Gasteiger partial charge on any atom is -0.347 e. The Balaban J connectivity index is 2.06. The number of thiol groups is 1. The number of rotatable bonds is 2. The predicted molar refractivity (Wildman–Crippen MR) is 70.4 cm³/mol. The van der Waals surface area contributed by atoms with E-state index in [0.29, 0.717) is 0 Å². The maximum Gasteiger partial charge on any atom is 0.261 e. The number of carbonyl (C=O) groups excluding carboxylic acids is 1. The zero-order valence-electron chi connectivity index (χ0n) is 10.00. The van der Waals surface area contributed by atoms with Crippen LogP contribution in [0.5, 0.6) is 0 Å². The molecule has 0 bridgehead atoms. The Morgan fingerprint density at radius 1 is 1.38 bits per heavy atom. The molecule has 1 aromatic rings. The number of carbonyl (C=O) groups is 1. The summed E-state index contributed by atoms with van der Waals surface area (Å²) in [4.78, 5) is 13.5. The third kappa shape index (κ3) is 1.68. The van der Waals surface area contributed by atoms with Crippen molar-refractivity contribution in [1.29, 1.82) is 0 Å². The SMILES string of the molecule is CC1(C)C(NC(=O)c2cc(S)cs2)C1(C)C. The van der Waals surface area contributed by atoms with E-state index in [1.165, 1.54) is 11.3 Å². The van der Waals surface area contributed by atoms with Crippen LogP contribution in [0.2, 0.25) is 0 Å². The third-order valence-corrected chi connectivity index (χ3v) is 5.47. The summed E-state index contributed by atoms with van der Waals surface area (Å²) in [5.41, 5.74) is 0.368. The maximum atomic E-state index is 11.9. The first-order valence-electron chi connectivity index (χ1n) is 5.35. The van der Waals surface area contributed by atoms with E-state index >= 15 is 0 Å². The van der Waals surface area contributed by atoms with Crippen molar-refractivity contribution >= 4 is 29.9 Å². The molecule has 0 atom stereocenters. The van der Waals surface area contributed by atoms with E-state index < -0.39 is 0 Å². The van der Waals surface area contributed by atoms with Gasteiger partial charge in [0.15, 0.2) is 0 Å². The Bertz CT molecular complexity index is 420. The fourth-order valence-corrected chi connectivity index (χ4v) is 3.26. The highest BCUT2D eigenvalue weighted by Crippen LogP contribution is 2.62. The van der Waals surface area contributed by atoms with Crippen molar-refractivity contribution in [2.24, 2.45) is 10.8 Å².